The van der Waals surface area contributed by atoms with Gasteiger partial charge in [0.2, 0.25) is 10.0 Å². The molecule has 0 amide bonds. The molecular weight excluding hydrogens is 260 g/mol. The molecular formula is C14H22N2O2S. The monoisotopic (exact) mass is 282 g/mol. The van der Waals surface area contributed by atoms with Crippen molar-refractivity contribution >= 4 is 15.7 Å². The Hall–Kier alpha value is -1.07. The van der Waals surface area contributed by atoms with Gasteiger partial charge in [0.05, 0.1) is 4.90 Å². The Morgan fingerprint density at radius 3 is 2.37 bits per heavy atom. The van der Waals surface area contributed by atoms with Crippen LogP contribution in [0.2, 0.25) is 0 Å². The lowest BCUT2D eigenvalue weighted by atomic mass is 10.0. The summed E-state index contributed by atoms with van der Waals surface area (Å²) >= 11 is 0. The van der Waals surface area contributed by atoms with E-state index in [1.165, 1.54) is 0 Å². The summed E-state index contributed by atoms with van der Waals surface area (Å²) in [4.78, 5) is 0.361. The maximum absolute atomic E-state index is 12.7. The molecule has 2 rings (SSSR count). The smallest absolute Gasteiger partial charge is 0.243 e. The Balaban J connectivity index is 2.40. The second-order valence-corrected chi connectivity index (χ2v) is 7.47. The second kappa shape index (κ2) is 5.13. The Labute approximate surface area is 115 Å². The standard InChI is InChI=1S/C14H22N2O2S/c1-10-4-6-16(7-5-10)19(17,18)14-9-11(2)8-13(15)12(14)3/h8-10H,4-7,15H2,1-3H3. The Morgan fingerprint density at radius 1 is 1.21 bits per heavy atom. The van der Waals surface area contributed by atoms with Crippen LogP contribution in [0, 0.1) is 19.8 Å². The fourth-order valence-corrected chi connectivity index (χ4v) is 4.29. The lowest BCUT2D eigenvalue weighted by Gasteiger charge is -2.30. The van der Waals surface area contributed by atoms with Gasteiger partial charge in [-0.05, 0) is 55.9 Å². The summed E-state index contributed by atoms with van der Waals surface area (Å²) in [6, 6.07) is 3.53. The zero-order valence-corrected chi connectivity index (χ0v) is 12.6. The molecule has 0 aliphatic carbocycles. The second-order valence-electron chi connectivity index (χ2n) is 5.56. The van der Waals surface area contributed by atoms with Gasteiger partial charge in [-0.2, -0.15) is 4.31 Å². The number of aryl methyl sites for hydroxylation is 1. The Morgan fingerprint density at radius 2 is 1.79 bits per heavy atom. The maximum Gasteiger partial charge on any atom is 0.243 e. The molecule has 0 atom stereocenters. The third-order valence-electron chi connectivity index (χ3n) is 3.90. The first kappa shape index (κ1) is 14.3. The number of benzene rings is 1. The first-order valence-electron chi connectivity index (χ1n) is 6.69. The molecule has 0 bridgehead atoms. The van der Waals surface area contributed by atoms with Crippen LogP contribution in [-0.4, -0.2) is 25.8 Å². The van der Waals surface area contributed by atoms with Crippen LogP contribution in [-0.2, 0) is 10.0 Å². The molecule has 1 fully saturated rings. The highest BCUT2D eigenvalue weighted by Crippen LogP contribution is 2.28. The third kappa shape index (κ3) is 2.77. The predicted molar refractivity (Wildman–Crippen MR) is 77.5 cm³/mol. The predicted octanol–water partition coefficient (Wildman–Crippen LogP) is 2.31. The van der Waals surface area contributed by atoms with Crippen molar-refractivity contribution in [1.82, 2.24) is 4.31 Å². The molecule has 0 aromatic heterocycles. The van der Waals surface area contributed by atoms with E-state index in [1.807, 2.05) is 13.0 Å². The van der Waals surface area contributed by atoms with Gasteiger partial charge in [-0.15, -0.1) is 0 Å². The summed E-state index contributed by atoms with van der Waals surface area (Å²) in [7, 11) is -3.41. The zero-order valence-electron chi connectivity index (χ0n) is 11.8. The van der Waals surface area contributed by atoms with E-state index >= 15 is 0 Å². The van der Waals surface area contributed by atoms with Gasteiger partial charge in [-0.25, -0.2) is 8.42 Å². The van der Waals surface area contributed by atoms with Crippen molar-refractivity contribution in [3.8, 4) is 0 Å². The van der Waals surface area contributed by atoms with E-state index in [1.54, 1.807) is 17.3 Å². The molecule has 2 N–H and O–H groups in total. The van der Waals surface area contributed by atoms with Gasteiger partial charge in [-0.1, -0.05) is 6.92 Å². The molecule has 1 aliphatic heterocycles. The van der Waals surface area contributed by atoms with E-state index in [4.69, 9.17) is 5.73 Å². The molecule has 0 radical (unpaired) electrons. The lowest BCUT2D eigenvalue weighted by molar-refractivity contribution is 0.288. The van der Waals surface area contributed by atoms with Crippen molar-refractivity contribution in [2.75, 3.05) is 18.8 Å². The maximum atomic E-state index is 12.7. The Kier molecular flexibility index (Phi) is 3.87. The van der Waals surface area contributed by atoms with Gasteiger partial charge in [0, 0.05) is 18.8 Å². The summed E-state index contributed by atoms with van der Waals surface area (Å²) in [5, 5.41) is 0. The minimum atomic E-state index is -3.41. The van der Waals surface area contributed by atoms with Crippen LogP contribution in [0.25, 0.3) is 0 Å². The van der Waals surface area contributed by atoms with E-state index in [0.29, 0.717) is 35.2 Å². The van der Waals surface area contributed by atoms with Crippen molar-refractivity contribution < 1.29 is 8.42 Å². The van der Waals surface area contributed by atoms with Gasteiger partial charge in [0.15, 0.2) is 0 Å². The molecule has 0 spiro atoms. The summed E-state index contributed by atoms with van der Waals surface area (Å²) < 4.78 is 27.0. The van der Waals surface area contributed by atoms with Crippen molar-refractivity contribution in [2.24, 2.45) is 5.92 Å². The third-order valence-corrected chi connectivity index (χ3v) is 5.93. The summed E-state index contributed by atoms with van der Waals surface area (Å²) in [6.45, 7) is 7.02. The normalized spacial score (nSPS) is 18.7. The molecule has 4 nitrogen and oxygen atoms in total. The first-order chi connectivity index (χ1) is 8.82. The van der Waals surface area contributed by atoms with Gasteiger partial charge in [-0.3, -0.25) is 0 Å². The fourth-order valence-electron chi connectivity index (χ4n) is 2.48. The van der Waals surface area contributed by atoms with Crippen LogP contribution < -0.4 is 5.73 Å². The van der Waals surface area contributed by atoms with Crippen LogP contribution in [0.15, 0.2) is 17.0 Å². The lowest BCUT2D eigenvalue weighted by Crippen LogP contribution is -2.38. The molecule has 0 saturated carbocycles. The summed E-state index contributed by atoms with van der Waals surface area (Å²) in [6.07, 6.45) is 1.86. The number of sulfonamides is 1. The van der Waals surface area contributed by atoms with Gasteiger partial charge in [0.25, 0.3) is 0 Å². The number of piperidine rings is 1. The van der Waals surface area contributed by atoms with E-state index in [-0.39, 0.29) is 0 Å². The van der Waals surface area contributed by atoms with E-state index in [0.717, 1.165) is 18.4 Å². The molecule has 5 heteroatoms. The van der Waals surface area contributed by atoms with Crippen LogP contribution >= 0.6 is 0 Å². The molecule has 1 heterocycles. The van der Waals surface area contributed by atoms with E-state index in [9.17, 15) is 8.42 Å². The minimum absolute atomic E-state index is 0.361. The van der Waals surface area contributed by atoms with Crippen LogP contribution in [0.3, 0.4) is 0 Å². The van der Waals surface area contributed by atoms with Gasteiger partial charge in [0.1, 0.15) is 0 Å². The largest absolute Gasteiger partial charge is 0.398 e. The number of anilines is 1. The summed E-state index contributed by atoms with van der Waals surface area (Å²) in [5.74, 6) is 0.607. The molecule has 0 unspecified atom stereocenters. The van der Waals surface area contributed by atoms with Crippen molar-refractivity contribution in [3.63, 3.8) is 0 Å². The average Bonchev–Trinajstić information content (AvgIpc) is 2.34. The molecule has 1 aliphatic rings. The minimum Gasteiger partial charge on any atom is -0.398 e. The quantitative estimate of drug-likeness (QED) is 0.847. The van der Waals surface area contributed by atoms with Crippen molar-refractivity contribution in [2.45, 2.75) is 38.5 Å². The molecule has 1 aromatic rings. The zero-order chi connectivity index (χ0) is 14.2. The molecule has 106 valence electrons. The first-order valence-corrected chi connectivity index (χ1v) is 8.13. The Bertz CT molecular complexity index is 573. The van der Waals surface area contributed by atoms with E-state index < -0.39 is 10.0 Å². The summed E-state index contributed by atoms with van der Waals surface area (Å²) in [5.41, 5.74) is 7.97. The van der Waals surface area contributed by atoms with Gasteiger partial charge >= 0.3 is 0 Å². The fraction of sp³-hybridized carbons (Fsp3) is 0.571. The number of rotatable bonds is 2. The number of hydrogen-bond acceptors (Lipinski definition) is 3. The topological polar surface area (TPSA) is 63.4 Å². The number of nitrogens with two attached hydrogens (primary N) is 1. The number of nitrogen functional groups attached to an aromatic ring is 1. The van der Waals surface area contributed by atoms with E-state index in [2.05, 4.69) is 6.92 Å². The van der Waals surface area contributed by atoms with Crippen molar-refractivity contribution in [1.29, 1.82) is 0 Å². The van der Waals surface area contributed by atoms with Crippen LogP contribution in [0.1, 0.15) is 30.9 Å². The molecule has 1 saturated heterocycles. The van der Waals surface area contributed by atoms with Gasteiger partial charge < -0.3 is 5.73 Å². The molecule has 19 heavy (non-hydrogen) atoms. The highest BCUT2D eigenvalue weighted by Gasteiger charge is 2.29. The molecule has 1 aromatic carbocycles. The van der Waals surface area contributed by atoms with Crippen LogP contribution in [0.5, 0.6) is 0 Å². The number of nitrogens with zero attached hydrogens (tertiary/aromatic N) is 1. The average molecular weight is 282 g/mol. The van der Waals surface area contributed by atoms with Crippen molar-refractivity contribution in [3.05, 3.63) is 23.3 Å². The highest BCUT2D eigenvalue weighted by molar-refractivity contribution is 7.89. The highest BCUT2D eigenvalue weighted by atomic mass is 32.2. The SMILES string of the molecule is Cc1cc(N)c(C)c(S(=O)(=O)N2CCC(C)CC2)c1. The van der Waals surface area contributed by atoms with Crippen LogP contribution in [0.4, 0.5) is 5.69 Å². The number of hydrogen-bond donors (Lipinski definition) is 1.